The maximum absolute atomic E-state index is 12.9. The number of amides is 4. The lowest BCUT2D eigenvalue weighted by Crippen LogP contribution is -2.19. The first kappa shape index (κ1) is 73.9. The minimum Gasteiger partial charge on any atom is -0.332 e. The Morgan fingerprint density at radius 2 is 0.798 bits per heavy atom. The van der Waals surface area contributed by atoms with Crippen molar-refractivity contribution in [3.05, 3.63) is 259 Å². The van der Waals surface area contributed by atoms with Crippen LogP contribution in [0, 0.1) is 92.4 Å². The van der Waals surface area contributed by atoms with Crippen molar-refractivity contribution in [1.29, 1.82) is 0 Å². The topological polar surface area (TPSA) is 141 Å². The van der Waals surface area contributed by atoms with Gasteiger partial charge in [-0.1, -0.05) is 117 Å². The van der Waals surface area contributed by atoms with E-state index < -0.39 is 0 Å². The van der Waals surface area contributed by atoms with Gasteiger partial charge in [0.15, 0.2) is 5.11 Å². The van der Waals surface area contributed by atoms with Crippen LogP contribution < -0.4 is 31.9 Å². The monoisotopic (exact) mass is 1280 g/mol. The molecule has 6 N–H and O–H groups in total. The second-order valence-electron chi connectivity index (χ2n) is 27.8. The Labute approximate surface area is 567 Å². The molecule has 0 spiro atoms. The van der Waals surface area contributed by atoms with Crippen molar-refractivity contribution in [2.24, 2.45) is 23.2 Å². The fraction of sp³-hybridized carbons (Fsp3) is 0.329. The summed E-state index contributed by atoms with van der Waals surface area (Å²) in [4.78, 5) is 41.7. The fourth-order valence-electron chi connectivity index (χ4n) is 10.9. The summed E-state index contributed by atoms with van der Waals surface area (Å²) in [5.74, 6) is 1.68. The Kier molecular flexibility index (Phi) is 27.3. The number of rotatable bonds is 16. The van der Waals surface area contributed by atoms with Crippen molar-refractivity contribution in [2.75, 3.05) is 31.9 Å². The van der Waals surface area contributed by atoms with Gasteiger partial charge in [0.25, 0.3) is 11.8 Å². The van der Waals surface area contributed by atoms with Crippen LogP contribution in [0.3, 0.4) is 0 Å². The Bertz CT molecular complexity index is 3920. The molecule has 0 bridgehead atoms. The number of benzene rings is 8. The van der Waals surface area contributed by atoms with Gasteiger partial charge < -0.3 is 36.5 Å². The average molecular weight is 1280 g/mol. The molecular formula is C82H102N8O3S. The van der Waals surface area contributed by atoms with E-state index in [1.807, 2.05) is 149 Å². The zero-order valence-electron chi connectivity index (χ0n) is 59.3. The summed E-state index contributed by atoms with van der Waals surface area (Å²) in [5.41, 5.74) is 24.7. The molecule has 4 amide bonds. The molecule has 11 nitrogen and oxygen atoms in total. The number of hydrogen-bond donors (Lipinski definition) is 6. The molecular weight excluding hydrogens is 1180 g/mol. The van der Waals surface area contributed by atoms with Crippen LogP contribution in [0.1, 0.15) is 161 Å². The summed E-state index contributed by atoms with van der Waals surface area (Å²) in [6, 6.07) is 52.2. The van der Waals surface area contributed by atoms with Crippen LogP contribution in [0.15, 0.2) is 170 Å². The molecule has 0 aliphatic rings. The molecule has 0 aliphatic carbocycles. The molecule has 0 aliphatic heterocycles. The van der Waals surface area contributed by atoms with Crippen LogP contribution in [0.4, 0.5) is 38.9 Å². The molecule has 1 aromatic heterocycles. The smallest absolute Gasteiger partial charge is 0.323 e. The van der Waals surface area contributed by atoms with Crippen LogP contribution in [0.25, 0.3) is 5.69 Å². The Morgan fingerprint density at radius 3 is 1.23 bits per heavy atom. The lowest BCUT2D eigenvalue weighted by Gasteiger charge is -2.20. The summed E-state index contributed by atoms with van der Waals surface area (Å²) >= 11 is 5.40. The third kappa shape index (κ3) is 25.1. The number of nitrogens with zero attached hydrogens (tertiary/aromatic N) is 2. The first-order valence-corrected chi connectivity index (χ1v) is 33.3. The average Bonchev–Trinajstić information content (AvgIpc) is 1.32. The van der Waals surface area contributed by atoms with Crippen molar-refractivity contribution >= 4 is 69.3 Å². The number of nitrogens with one attached hydrogen (secondary N) is 6. The van der Waals surface area contributed by atoms with E-state index in [0.29, 0.717) is 28.4 Å². The maximum Gasteiger partial charge on any atom is 0.323 e. The number of aryl methyl sites for hydroxylation is 10. The van der Waals surface area contributed by atoms with Gasteiger partial charge in [-0.25, -0.2) is 9.78 Å². The molecule has 9 rings (SSSR count). The molecule has 0 saturated heterocycles. The molecule has 0 atom stereocenters. The van der Waals surface area contributed by atoms with E-state index >= 15 is 0 Å². The Hall–Kier alpha value is -9.13. The number of carbonyl (C=O) groups excluding carboxylic acids is 3. The third-order valence-corrected chi connectivity index (χ3v) is 15.6. The lowest BCUT2D eigenvalue weighted by molar-refractivity contribution is 0.101. The Balaban J connectivity index is 0.000000200. The minimum absolute atomic E-state index is 0.0463. The van der Waals surface area contributed by atoms with Crippen molar-refractivity contribution in [3.8, 4) is 5.69 Å². The van der Waals surface area contributed by atoms with Crippen molar-refractivity contribution in [1.82, 2.24) is 9.55 Å². The first-order chi connectivity index (χ1) is 44.3. The summed E-state index contributed by atoms with van der Waals surface area (Å²) in [6.45, 7) is 40.5. The Morgan fingerprint density at radius 1 is 0.415 bits per heavy atom. The number of hydrogen-bond acceptors (Lipinski definition) is 5. The predicted octanol–water partition coefficient (Wildman–Crippen LogP) is 21.2. The summed E-state index contributed by atoms with van der Waals surface area (Å²) < 4.78 is 1.96. The number of urea groups is 1. The molecule has 8 aromatic carbocycles. The highest BCUT2D eigenvalue weighted by atomic mass is 32.1. The van der Waals surface area contributed by atoms with E-state index in [2.05, 4.69) is 188 Å². The van der Waals surface area contributed by atoms with Gasteiger partial charge >= 0.3 is 6.03 Å². The molecule has 0 radical (unpaired) electrons. The minimum atomic E-state index is -0.218. The standard InChI is InChI=1S/C24H29N3O.C20H25NO.C19H24N2O.C19H24N2S/c1-16-9-21(12-22(10-16)27-14-18(3)25-15-27)26-23(28)19-8-7-17(2)20(11-19)13-24(4,5)6;1-13(2)8-18-12-17(7-6-16(18)5)20(22)21-19-10-14(3)9-15(4)11-19;2*1-13(2)10-16-12-18(9-8-15(16)4)21-19(22)20-17-7-5-6-14(3)11-17/h7-12,14-15H,13H2,1-6H3,(H,26,28);6-7,9-13H,8H2,1-5H3,(H,21,22);2*5-9,11-13H,10H2,1-4H3,(H2,20,21,22). The molecule has 0 saturated carbocycles. The highest BCUT2D eigenvalue weighted by molar-refractivity contribution is 7.80. The van der Waals surface area contributed by atoms with Gasteiger partial charge in [0, 0.05) is 57.1 Å². The second-order valence-corrected chi connectivity index (χ2v) is 28.2. The van der Waals surface area contributed by atoms with Gasteiger partial charge in [-0.3, -0.25) is 9.59 Å². The number of aromatic nitrogens is 2. The van der Waals surface area contributed by atoms with E-state index in [4.69, 9.17) is 12.2 Å². The highest BCUT2D eigenvalue weighted by Gasteiger charge is 2.17. The quantitative estimate of drug-likeness (QED) is 0.0529. The molecule has 494 valence electrons. The molecule has 0 fully saturated rings. The number of thiocarbonyl (C=S) groups is 1. The summed E-state index contributed by atoms with van der Waals surface area (Å²) in [7, 11) is 0. The van der Waals surface area contributed by atoms with Crippen LogP contribution in [0.5, 0.6) is 0 Å². The van der Waals surface area contributed by atoms with E-state index in [0.717, 1.165) is 99.0 Å². The lowest BCUT2D eigenvalue weighted by atomic mass is 9.86. The van der Waals surface area contributed by atoms with Crippen LogP contribution in [-0.2, 0) is 25.7 Å². The largest absolute Gasteiger partial charge is 0.332 e. The molecule has 1 heterocycles. The van der Waals surface area contributed by atoms with Gasteiger partial charge in [0.05, 0.1) is 12.0 Å². The van der Waals surface area contributed by atoms with Gasteiger partial charge in [-0.2, -0.15) is 0 Å². The number of carbonyl (C=O) groups is 3. The van der Waals surface area contributed by atoms with Gasteiger partial charge in [-0.15, -0.1) is 0 Å². The van der Waals surface area contributed by atoms with Gasteiger partial charge in [0.1, 0.15) is 0 Å². The molecule has 94 heavy (non-hydrogen) atoms. The first-order valence-electron chi connectivity index (χ1n) is 32.8. The molecule has 12 heteroatoms. The molecule has 9 aromatic rings. The summed E-state index contributed by atoms with van der Waals surface area (Å²) in [6.07, 6.45) is 7.79. The summed E-state index contributed by atoms with van der Waals surface area (Å²) in [5, 5.41) is 18.9. The fourth-order valence-corrected chi connectivity index (χ4v) is 11.1. The maximum atomic E-state index is 12.9. The van der Waals surface area contributed by atoms with E-state index in [9.17, 15) is 14.4 Å². The van der Waals surface area contributed by atoms with Crippen LogP contribution >= 0.6 is 12.2 Å². The predicted molar refractivity (Wildman–Crippen MR) is 403 cm³/mol. The molecule has 0 unspecified atom stereocenters. The number of anilines is 6. The zero-order valence-corrected chi connectivity index (χ0v) is 60.1. The van der Waals surface area contributed by atoms with E-state index in [1.54, 1.807) is 6.33 Å². The van der Waals surface area contributed by atoms with Crippen molar-refractivity contribution < 1.29 is 14.4 Å². The van der Waals surface area contributed by atoms with E-state index in [-0.39, 0.29) is 23.3 Å². The normalized spacial score (nSPS) is 10.9. The van der Waals surface area contributed by atoms with Crippen molar-refractivity contribution in [3.63, 3.8) is 0 Å². The van der Waals surface area contributed by atoms with Crippen LogP contribution in [0.2, 0.25) is 0 Å². The number of imidazole rings is 1. The van der Waals surface area contributed by atoms with Crippen molar-refractivity contribution in [2.45, 2.75) is 157 Å². The second kappa shape index (κ2) is 34.7. The van der Waals surface area contributed by atoms with Gasteiger partial charge in [-0.05, 0) is 306 Å². The highest BCUT2D eigenvalue weighted by Crippen LogP contribution is 2.27. The van der Waals surface area contributed by atoms with Gasteiger partial charge in [0.2, 0.25) is 0 Å². The SMILES string of the molecule is Cc1cc(C)cc(NC(=O)c2ccc(C)c(CC(C)C)c2)c1.Cc1cc(NC(=O)c2ccc(C)c(CC(C)(C)C)c2)cc(-n2cnc(C)c2)c1.Cc1cccc(NC(=O)Nc2ccc(C)c(CC(C)C)c2)c1.Cc1cccc(NC(=S)Nc2ccc(C)c(CC(C)C)c2)c1. The zero-order chi connectivity index (χ0) is 69.0. The third-order valence-electron chi connectivity index (χ3n) is 15.4. The van der Waals surface area contributed by atoms with Crippen LogP contribution in [-0.4, -0.2) is 32.5 Å². The van der Waals surface area contributed by atoms with E-state index in [1.165, 1.54) is 50.1 Å².